The quantitative estimate of drug-likeness (QED) is 0.833. The summed E-state index contributed by atoms with van der Waals surface area (Å²) in [4.78, 5) is 14.7. The number of hydrogen-bond donors (Lipinski definition) is 1. The molecule has 1 aromatic rings. The van der Waals surface area contributed by atoms with Crippen LogP contribution < -0.4 is 9.62 Å². The molecule has 1 aromatic carbocycles. The van der Waals surface area contributed by atoms with E-state index in [0.717, 1.165) is 31.3 Å². The van der Waals surface area contributed by atoms with Crippen LogP contribution in [0.1, 0.15) is 35.2 Å². The largest absolute Gasteiger partial charge is 0.352 e. The van der Waals surface area contributed by atoms with Crippen LogP contribution in [0, 0.1) is 12.8 Å². The van der Waals surface area contributed by atoms with E-state index in [9.17, 15) is 13.2 Å². The van der Waals surface area contributed by atoms with Crippen molar-refractivity contribution in [2.24, 2.45) is 5.92 Å². The molecule has 0 spiro atoms. The summed E-state index contributed by atoms with van der Waals surface area (Å²) >= 11 is 0. The van der Waals surface area contributed by atoms with Crippen molar-refractivity contribution in [2.45, 2.75) is 26.2 Å². The minimum Gasteiger partial charge on any atom is -0.352 e. The van der Waals surface area contributed by atoms with E-state index in [1.165, 1.54) is 24.2 Å². The van der Waals surface area contributed by atoms with E-state index in [1.54, 1.807) is 18.2 Å². The van der Waals surface area contributed by atoms with Gasteiger partial charge in [0.1, 0.15) is 0 Å². The highest BCUT2D eigenvalue weighted by molar-refractivity contribution is 7.92. The van der Waals surface area contributed by atoms with Crippen LogP contribution in [-0.2, 0) is 10.0 Å². The molecule has 1 heterocycles. The van der Waals surface area contributed by atoms with Crippen molar-refractivity contribution in [3.63, 3.8) is 0 Å². The molecule has 1 aliphatic rings. The number of amides is 1. The van der Waals surface area contributed by atoms with E-state index in [-0.39, 0.29) is 5.91 Å². The summed E-state index contributed by atoms with van der Waals surface area (Å²) in [5.74, 6) is 0.577. The Morgan fingerprint density at radius 1 is 1.32 bits per heavy atom. The normalized spacial score (nSPS) is 16.6. The van der Waals surface area contributed by atoms with Crippen molar-refractivity contribution in [1.82, 2.24) is 10.2 Å². The average Bonchev–Trinajstić information content (AvgIpc) is 2.55. The number of benzene rings is 1. The van der Waals surface area contributed by atoms with Crippen molar-refractivity contribution in [3.8, 4) is 0 Å². The van der Waals surface area contributed by atoms with Crippen LogP contribution in [0.25, 0.3) is 0 Å². The first-order valence-electron chi connectivity index (χ1n) is 8.70. The van der Waals surface area contributed by atoms with Gasteiger partial charge < -0.3 is 10.2 Å². The lowest BCUT2D eigenvalue weighted by Gasteiger charge is -2.28. The Hall–Kier alpha value is -1.60. The molecule has 140 valence electrons. The number of hydrogen-bond acceptors (Lipinski definition) is 4. The van der Waals surface area contributed by atoms with E-state index in [1.807, 2.05) is 6.92 Å². The number of carbonyl (C=O) groups excluding carboxylic acids is 1. The summed E-state index contributed by atoms with van der Waals surface area (Å²) in [6.45, 7) is 4.75. The third kappa shape index (κ3) is 5.44. The molecule has 0 aromatic heterocycles. The molecule has 0 unspecified atom stereocenters. The highest BCUT2D eigenvalue weighted by Gasteiger charge is 2.18. The van der Waals surface area contributed by atoms with Crippen molar-refractivity contribution in [2.75, 3.05) is 44.3 Å². The van der Waals surface area contributed by atoms with Gasteiger partial charge in [0.05, 0.1) is 11.9 Å². The van der Waals surface area contributed by atoms with Gasteiger partial charge in [0.25, 0.3) is 5.91 Å². The standard InChI is InChI=1S/C18H29N3O3S/c1-14-13-16(5-6-17(14)21(3)25(4,23)24)18(22)19-10-7-15-8-11-20(2)12-9-15/h5-6,13,15H,7-12H2,1-4H3,(H,19,22). The van der Waals surface area contributed by atoms with Crippen molar-refractivity contribution >= 4 is 21.6 Å². The Kier molecular flexibility index (Phi) is 6.46. The smallest absolute Gasteiger partial charge is 0.251 e. The van der Waals surface area contributed by atoms with Gasteiger partial charge in [-0.05, 0) is 76.0 Å². The molecule has 1 aliphatic heterocycles. The number of aryl methyl sites for hydroxylation is 1. The van der Waals surface area contributed by atoms with Gasteiger partial charge in [0.2, 0.25) is 10.0 Å². The molecule has 1 fully saturated rings. The number of anilines is 1. The number of carbonyl (C=O) groups is 1. The third-order valence-corrected chi connectivity index (χ3v) is 6.16. The van der Waals surface area contributed by atoms with Crippen LogP contribution in [-0.4, -0.2) is 59.2 Å². The number of likely N-dealkylation sites (tertiary alicyclic amines) is 1. The van der Waals surface area contributed by atoms with Gasteiger partial charge in [-0.1, -0.05) is 0 Å². The Labute approximate surface area is 151 Å². The Bertz CT molecular complexity index is 710. The van der Waals surface area contributed by atoms with E-state index in [4.69, 9.17) is 0 Å². The molecule has 0 bridgehead atoms. The fourth-order valence-corrected chi connectivity index (χ4v) is 3.73. The van der Waals surface area contributed by atoms with Crippen molar-refractivity contribution in [1.29, 1.82) is 0 Å². The van der Waals surface area contributed by atoms with E-state index >= 15 is 0 Å². The van der Waals surface area contributed by atoms with Crippen LogP contribution in [0.4, 0.5) is 5.69 Å². The molecule has 1 amide bonds. The number of sulfonamides is 1. The second kappa shape index (κ2) is 8.19. The molecular weight excluding hydrogens is 338 g/mol. The lowest BCUT2D eigenvalue weighted by Crippen LogP contribution is -2.32. The first-order chi connectivity index (χ1) is 11.7. The lowest BCUT2D eigenvalue weighted by molar-refractivity contribution is 0.0949. The van der Waals surface area contributed by atoms with Gasteiger partial charge in [-0.15, -0.1) is 0 Å². The summed E-state index contributed by atoms with van der Waals surface area (Å²) in [6, 6.07) is 5.10. The van der Waals surface area contributed by atoms with Crippen molar-refractivity contribution in [3.05, 3.63) is 29.3 Å². The summed E-state index contributed by atoms with van der Waals surface area (Å²) < 4.78 is 24.5. The fraction of sp³-hybridized carbons (Fsp3) is 0.611. The highest BCUT2D eigenvalue weighted by atomic mass is 32.2. The van der Waals surface area contributed by atoms with Gasteiger partial charge >= 0.3 is 0 Å². The van der Waals surface area contributed by atoms with Crippen LogP contribution >= 0.6 is 0 Å². The van der Waals surface area contributed by atoms with Gasteiger partial charge in [-0.25, -0.2) is 8.42 Å². The lowest BCUT2D eigenvalue weighted by atomic mass is 9.94. The molecular formula is C18H29N3O3S. The first kappa shape index (κ1) is 19.7. The predicted octanol–water partition coefficient (Wildman–Crippen LogP) is 1.85. The second-order valence-electron chi connectivity index (χ2n) is 7.02. The van der Waals surface area contributed by atoms with Gasteiger partial charge in [-0.3, -0.25) is 9.10 Å². The maximum atomic E-state index is 12.3. The van der Waals surface area contributed by atoms with E-state index < -0.39 is 10.0 Å². The van der Waals surface area contributed by atoms with E-state index in [2.05, 4.69) is 17.3 Å². The maximum Gasteiger partial charge on any atom is 0.251 e. The fourth-order valence-electron chi connectivity index (χ4n) is 3.17. The summed E-state index contributed by atoms with van der Waals surface area (Å²) in [5.41, 5.74) is 1.91. The van der Waals surface area contributed by atoms with Crippen LogP contribution in [0.5, 0.6) is 0 Å². The molecule has 0 saturated carbocycles. The Balaban J connectivity index is 1.90. The number of nitrogens with zero attached hydrogens (tertiary/aromatic N) is 2. The third-order valence-electron chi connectivity index (χ3n) is 4.97. The Morgan fingerprint density at radius 2 is 1.96 bits per heavy atom. The molecule has 2 rings (SSSR count). The van der Waals surface area contributed by atoms with Gasteiger partial charge in [0, 0.05) is 19.2 Å². The number of rotatable bonds is 6. The Morgan fingerprint density at radius 3 is 2.52 bits per heavy atom. The molecule has 25 heavy (non-hydrogen) atoms. The minimum absolute atomic E-state index is 0.107. The predicted molar refractivity (Wildman–Crippen MR) is 102 cm³/mol. The van der Waals surface area contributed by atoms with Crippen LogP contribution in [0.15, 0.2) is 18.2 Å². The zero-order chi connectivity index (χ0) is 18.6. The monoisotopic (exact) mass is 367 g/mol. The zero-order valence-corrected chi connectivity index (χ0v) is 16.4. The number of nitrogens with one attached hydrogen (secondary N) is 1. The molecule has 0 atom stereocenters. The first-order valence-corrected chi connectivity index (χ1v) is 10.5. The van der Waals surface area contributed by atoms with Gasteiger partial charge in [-0.2, -0.15) is 0 Å². The molecule has 0 radical (unpaired) electrons. The summed E-state index contributed by atoms with van der Waals surface area (Å²) in [6.07, 6.45) is 4.56. The summed E-state index contributed by atoms with van der Waals surface area (Å²) in [7, 11) is 0.344. The SMILES string of the molecule is Cc1cc(C(=O)NCCC2CCN(C)CC2)ccc1N(C)S(C)(=O)=O. The highest BCUT2D eigenvalue weighted by Crippen LogP contribution is 2.22. The van der Waals surface area contributed by atoms with E-state index in [0.29, 0.717) is 23.7 Å². The number of piperidine rings is 1. The topological polar surface area (TPSA) is 69.7 Å². The van der Waals surface area contributed by atoms with Crippen molar-refractivity contribution < 1.29 is 13.2 Å². The molecule has 7 heteroatoms. The van der Waals surface area contributed by atoms with Crippen LogP contribution in [0.2, 0.25) is 0 Å². The van der Waals surface area contributed by atoms with Crippen LogP contribution in [0.3, 0.4) is 0 Å². The molecule has 1 N–H and O–H groups in total. The average molecular weight is 368 g/mol. The molecule has 6 nitrogen and oxygen atoms in total. The zero-order valence-electron chi connectivity index (χ0n) is 15.6. The molecule has 0 aliphatic carbocycles. The second-order valence-corrected chi connectivity index (χ2v) is 9.04. The minimum atomic E-state index is -3.31. The van der Waals surface area contributed by atoms with Gasteiger partial charge in [0.15, 0.2) is 0 Å². The molecule has 1 saturated heterocycles. The summed E-state index contributed by atoms with van der Waals surface area (Å²) in [5, 5.41) is 2.98. The maximum absolute atomic E-state index is 12.3.